The van der Waals surface area contributed by atoms with Crippen LogP contribution in [0.4, 0.5) is 0 Å². The SMILES string of the molecule is COc1ccc(-c2n[nH]c(=S)n2CCC(=O)NCc2ccc(C(=O)N3CCN(C)CC3)cc2)cc1. The Morgan fingerprint density at radius 1 is 1.06 bits per heavy atom. The van der Waals surface area contributed by atoms with Crippen molar-refractivity contribution in [3.63, 3.8) is 0 Å². The molecule has 184 valence electrons. The number of amides is 2. The number of methoxy groups -OCH3 is 1. The molecule has 0 spiro atoms. The monoisotopic (exact) mass is 494 g/mol. The number of aromatic nitrogens is 3. The molecular formula is C25H30N6O3S. The number of rotatable bonds is 8. The van der Waals surface area contributed by atoms with Crippen molar-refractivity contribution in [1.82, 2.24) is 29.9 Å². The minimum atomic E-state index is -0.0913. The molecule has 9 nitrogen and oxygen atoms in total. The normalized spacial score (nSPS) is 14.1. The highest BCUT2D eigenvalue weighted by molar-refractivity contribution is 7.71. The Morgan fingerprint density at radius 2 is 1.74 bits per heavy atom. The minimum Gasteiger partial charge on any atom is -0.497 e. The molecule has 2 amide bonds. The van der Waals surface area contributed by atoms with Gasteiger partial charge in [0.25, 0.3) is 5.91 Å². The third-order valence-corrected chi connectivity index (χ3v) is 6.46. The fourth-order valence-electron chi connectivity index (χ4n) is 3.95. The second-order valence-electron chi connectivity index (χ2n) is 8.55. The lowest BCUT2D eigenvalue weighted by Gasteiger charge is -2.32. The Hall–Kier alpha value is -3.50. The van der Waals surface area contributed by atoms with Gasteiger partial charge in [-0.15, -0.1) is 0 Å². The highest BCUT2D eigenvalue weighted by Gasteiger charge is 2.20. The van der Waals surface area contributed by atoms with E-state index in [2.05, 4.69) is 27.5 Å². The maximum Gasteiger partial charge on any atom is 0.253 e. The number of nitrogens with one attached hydrogen (secondary N) is 2. The molecule has 0 saturated carbocycles. The molecule has 1 saturated heterocycles. The van der Waals surface area contributed by atoms with Gasteiger partial charge in [-0.25, -0.2) is 0 Å². The number of likely N-dealkylation sites (N-methyl/N-ethyl adjacent to an activating group) is 1. The number of carbonyl (C=O) groups is 2. The number of piperazine rings is 1. The fraction of sp³-hybridized carbons (Fsp3) is 0.360. The summed E-state index contributed by atoms with van der Waals surface area (Å²) in [6.07, 6.45) is 0.261. The molecule has 3 aromatic rings. The first-order valence-corrected chi connectivity index (χ1v) is 12.0. The van der Waals surface area contributed by atoms with Crippen LogP contribution in [0.5, 0.6) is 5.75 Å². The maximum absolute atomic E-state index is 12.7. The number of ether oxygens (including phenoxy) is 1. The number of benzene rings is 2. The molecule has 4 rings (SSSR count). The van der Waals surface area contributed by atoms with Gasteiger partial charge < -0.3 is 19.9 Å². The Bertz CT molecular complexity index is 1210. The van der Waals surface area contributed by atoms with E-state index in [1.807, 2.05) is 58.0 Å². The van der Waals surface area contributed by atoms with Gasteiger partial charge in [-0.2, -0.15) is 5.10 Å². The molecule has 1 aliphatic heterocycles. The molecule has 1 aliphatic rings. The van der Waals surface area contributed by atoms with Crippen molar-refractivity contribution >= 4 is 24.0 Å². The van der Waals surface area contributed by atoms with E-state index in [1.165, 1.54) is 0 Å². The molecule has 0 unspecified atom stereocenters. The molecule has 1 fully saturated rings. The molecule has 0 atom stereocenters. The van der Waals surface area contributed by atoms with Gasteiger partial charge in [-0.3, -0.25) is 19.3 Å². The molecule has 10 heteroatoms. The van der Waals surface area contributed by atoms with Gasteiger partial charge in [0.05, 0.1) is 7.11 Å². The topological polar surface area (TPSA) is 95.5 Å². The highest BCUT2D eigenvalue weighted by Crippen LogP contribution is 2.21. The van der Waals surface area contributed by atoms with Gasteiger partial charge in [-0.1, -0.05) is 12.1 Å². The molecule has 1 aromatic heterocycles. The smallest absolute Gasteiger partial charge is 0.253 e. The first-order chi connectivity index (χ1) is 16.9. The molecule has 0 aliphatic carbocycles. The van der Waals surface area contributed by atoms with Gasteiger partial charge >= 0.3 is 0 Å². The maximum atomic E-state index is 12.7. The van der Waals surface area contributed by atoms with Crippen molar-refractivity contribution in [3.05, 3.63) is 64.4 Å². The van der Waals surface area contributed by atoms with Crippen LogP contribution in [-0.4, -0.2) is 76.7 Å². The van der Waals surface area contributed by atoms with Crippen molar-refractivity contribution in [2.45, 2.75) is 19.5 Å². The third kappa shape index (κ3) is 6.14. The minimum absolute atomic E-state index is 0.0539. The van der Waals surface area contributed by atoms with Crippen molar-refractivity contribution in [1.29, 1.82) is 0 Å². The van der Waals surface area contributed by atoms with Crippen LogP contribution in [-0.2, 0) is 17.9 Å². The van der Waals surface area contributed by atoms with Gasteiger partial charge in [0.1, 0.15) is 5.75 Å². The zero-order valence-corrected chi connectivity index (χ0v) is 20.8. The zero-order valence-electron chi connectivity index (χ0n) is 20.0. The van der Waals surface area contributed by atoms with Crippen LogP contribution >= 0.6 is 12.2 Å². The summed E-state index contributed by atoms with van der Waals surface area (Å²) in [7, 11) is 3.68. The summed E-state index contributed by atoms with van der Waals surface area (Å²) in [6.45, 7) is 4.07. The van der Waals surface area contributed by atoms with Gasteiger partial charge in [0, 0.05) is 56.8 Å². The van der Waals surface area contributed by atoms with E-state index >= 15 is 0 Å². The lowest BCUT2D eigenvalue weighted by Crippen LogP contribution is -2.47. The second-order valence-corrected chi connectivity index (χ2v) is 8.94. The summed E-state index contributed by atoms with van der Waals surface area (Å²) in [5.41, 5.74) is 2.49. The summed E-state index contributed by atoms with van der Waals surface area (Å²) in [6, 6.07) is 14.9. The van der Waals surface area contributed by atoms with Crippen molar-refractivity contribution in [2.75, 3.05) is 40.3 Å². The van der Waals surface area contributed by atoms with Crippen LogP contribution < -0.4 is 10.1 Å². The summed E-state index contributed by atoms with van der Waals surface area (Å²) in [5.74, 6) is 1.39. The van der Waals surface area contributed by atoms with Crippen LogP contribution in [0.25, 0.3) is 11.4 Å². The van der Waals surface area contributed by atoms with E-state index in [4.69, 9.17) is 17.0 Å². The van der Waals surface area contributed by atoms with Crippen LogP contribution in [0.2, 0.25) is 0 Å². The van der Waals surface area contributed by atoms with E-state index in [-0.39, 0.29) is 18.2 Å². The third-order valence-electron chi connectivity index (χ3n) is 6.15. The van der Waals surface area contributed by atoms with Crippen LogP contribution in [0, 0.1) is 4.77 Å². The molecule has 0 bridgehead atoms. The first-order valence-electron chi connectivity index (χ1n) is 11.6. The van der Waals surface area contributed by atoms with Crippen molar-refractivity contribution in [3.8, 4) is 17.1 Å². The van der Waals surface area contributed by atoms with Gasteiger partial charge in [0.15, 0.2) is 10.6 Å². The lowest BCUT2D eigenvalue weighted by molar-refractivity contribution is -0.121. The highest BCUT2D eigenvalue weighted by atomic mass is 32.1. The molecule has 2 heterocycles. The molecule has 35 heavy (non-hydrogen) atoms. The number of hydrogen-bond acceptors (Lipinski definition) is 6. The largest absolute Gasteiger partial charge is 0.497 e. The van der Waals surface area contributed by atoms with Crippen molar-refractivity contribution < 1.29 is 14.3 Å². The number of nitrogens with zero attached hydrogens (tertiary/aromatic N) is 4. The van der Waals surface area contributed by atoms with Crippen molar-refractivity contribution in [2.24, 2.45) is 0 Å². The summed E-state index contributed by atoms with van der Waals surface area (Å²) in [4.78, 5) is 29.3. The van der Waals surface area contributed by atoms with E-state index < -0.39 is 0 Å². The molecular weight excluding hydrogens is 464 g/mol. The fourth-order valence-corrected chi connectivity index (χ4v) is 4.17. The lowest BCUT2D eigenvalue weighted by atomic mass is 10.1. The van der Waals surface area contributed by atoms with Gasteiger partial charge in [-0.05, 0) is 61.2 Å². The summed E-state index contributed by atoms with van der Waals surface area (Å²) >= 11 is 5.36. The van der Waals surface area contributed by atoms with E-state index in [1.54, 1.807) is 7.11 Å². The van der Waals surface area contributed by atoms with Gasteiger partial charge in [0.2, 0.25) is 5.91 Å². The number of hydrogen-bond donors (Lipinski definition) is 2. The Morgan fingerprint density at radius 3 is 2.40 bits per heavy atom. The summed E-state index contributed by atoms with van der Waals surface area (Å²) < 4.78 is 7.48. The average Bonchev–Trinajstić information content (AvgIpc) is 3.26. The number of carbonyl (C=O) groups excluding carboxylic acids is 2. The van der Waals surface area contributed by atoms with Crippen LogP contribution in [0.3, 0.4) is 0 Å². The second kappa shape index (κ2) is 11.3. The zero-order chi connectivity index (χ0) is 24.8. The molecule has 2 aromatic carbocycles. The Labute approximate surface area is 209 Å². The molecule has 2 N–H and O–H groups in total. The quantitative estimate of drug-likeness (QED) is 0.468. The predicted molar refractivity (Wildman–Crippen MR) is 136 cm³/mol. The van der Waals surface area contributed by atoms with E-state index in [0.717, 1.165) is 43.1 Å². The first kappa shape index (κ1) is 24.6. The van der Waals surface area contributed by atoms with E-state index in [9.17, 15) is 9.59 Å². The summed E-state index contributed by atoms with van der Waals surface area (Å²) in [5, 5.41) is 10.1. The van der Waals surface area contributed by atoms with Crippen LogP contribution in [0.1, 0.15) is 22.3 Å². The van der Waals surface area contributed by atoms with E-state index in [0.29, 0.717) is 29.2 Å². The predicted octanol–water partition coefficient (Wildman–Crippen LogP) is 2.71. The molecule has 0 radical (unpaired) electrons. The standard InChI is InChI=1S/C25H30N6O3S/c1-29-13-15-30(16-14-29)24(33)20-5-3-18(4-6-20)17-26-22(32)11-12-31-23(27-28-25(31)35)19-7-9-21(34-2)10-8-19/h3-10H,11-17H2,1-2H3,(H,26,32)(H,28,35). The number of aromatic amines is 1. The Balaban J connectivity index is 1.29. The Kier molecular flexibility index (Phi) is 7.94. The van der Waals surface area contributed by atoms with Crippen LogP contribution in [0.15, 0.2) is 48.5 Å². The number of H-pyrrole nitrogens is 1. The average molecular weight is 495 g/mol.